The Kier molecular flexibility index (Phi) is 10.1. The molecule has 0 spiro atoms. The molecule has 9 aromatic carbocycles. The van der Waals surface area contributed by atoms with Gasteiger partial charge in [-0.05, 0) is 138 Å². The number of carboxylic acids is 1. The van der Waals surface area contributed by atoms with Crippen LogP contribution in [0.15, 0.2) is 215 Å². The van der Waals surface area contributed by atoms with E-state index in [-0.39, 0.29) is 10.9 Å². The molecule has 0 aliphatic carbocycles. The molecule has 0 aromatic heterocycles. The maximum atomic E-state index is 10.5. The Balaban J connectivity index is 0.000000579. The van der Waals surface area contributed by atoms with Crippen molar-refractivity contribution in [3.05, 3.63) is 200 Å². The van der Waals surface area contributed by atoms with Gasteiger partial charge >= 0.3 is 6.18 Å². The van der Waals surface area contributed by atoms with Crippen molar-refractivity contribution >= 4 is 49.2 Å². The molecule has 2 nitrogen and oxygen atoms in total. The van der Waals surface area contributed by atoms with E-state index in [1.165, 1.54) is 80.4 Å². The van der Waals surface area contributed by atoms with Gasteiger partial charge in [-0.3, -0.25) is 0 Å². The Labute approximate surface area is 325 Å². The first-order chi connectivity index (χ1) is 27.2. The van der Waals surface area contributed by atoms with Gasteiger partial charge in [0.2, 0.25) is 0 Å². The highest BCUT2D eigenvalue weighted by Crippen LogP contribution is 2.38. The lowest BCUT2D eigenvalue weighted by Crippen LogP contribution is -2.37. The number of aliphatic carboxylic acids is 1. The van der Waals surface area contributed by atoms with Crippen molar-refractivity contribution in [1.82, 2.24) is 0 Å². The number of rotatable bonds is 6. The van der Waals surface area contributed by atoms with E-state index in [9.17, 15) is 13.2 Å². The van der Waals surface area contributed by atoms with E-state index in [0.717, 1.165) is 0 Å². The quantitative estimate of drug-likeness (QED) is 0.159. The molecule has 0 radical (unpaired) electrons. The summed E-state index contributed by atoms with van der Waals surface area (Å²) >= 11 is 0. The molecule has 0 saturated heterocycles. The van der Waals surface area contributed by atoms with Crippen molar-refractivity contribution in [3.8, 4) is 33.4 Å². The fourth-order valence-electron chi connectivity index (χ4n) is 7.15. The molecular weight excluding hydrogens is 722 g/mol. The fourth-order valence-corrected chi connectivity index (χ4v) is 9.19. The van der Waals surface area contributed by atoms with Crippen LogP contribution in [0.1, 0.15) is 0 Å². The molecule has 0 aliphatic heterocycles. The molecule has 0 atom stereocenters. The van der Waals surface area contributed by atoms with Crippen molar-refractivity contribution in [2.24, 2.45) is 0 Å². The van der Waals surface area contributed by atoms with E-state index >= 15 is 0 Å². The summed E-state index contributed by atoms with van der Waals surface area (Å²) in [4.78, 5) is 12.7. The van der Waals surface area contributed by atoms with E-state index in [4.69, 9.17) is 9.90 Å². The second-order valence-electron chi connectivity index (χ2n) is 13.2. The smallest absolute Gasteiger partial charge is 0.430 e. The molecule has 0 saturated carbocycles. The van der Waals surface area contributed by atoms with Gasteiger partial charge in [0.1, 0.15) is 5.97 Å². The minimum atomic E-state index is -5.19. The predicted octanol–water partition coefficient (Wildman–Crippen LogP) is 12.5. The molecule has 6 heteroatoms. The number of fused-ring (bicyclic) bond motifs is 3. The first-order valence-electron chi connectivity index (χ1n) is 18.0. The second-order valence-corrected chi connectivity index (χ2v) is 15.3. The summed E-state index contributed by atoms with van der Waals surface area (Å²) in [6.07, 6.45) is -5.19. The molecule has 0 aliphatic rings. The molecule has 56 heavy (non-hydrogen) atoms. The summed E-state index contributed by atoms with van der Waals surface area (Å²) < 4.78 is 31.5. The van der Waals surface area contributed by atoms with Gasteiger partial charge in [0, 0.05) is 0 Å². The summed E-state index contributed by atoms with van der Waals surface area (Å²) in [5.74, 6) is -3.01. The van der Waals surface area contributed by atoms with Gasteiger partial charge in [-0.1, -0.05) is 127 Å². The van der Waals surface area contributed by atoms with Crippen molar-refractivity contribution in [2.75, 3.05) is 0 Å². The normalized spacial score (nSPS) is 11.4. The summed E-state index contributed by atoms with van der Waals surface area (Å²) in [5, 5.41) is 16.4. The third kappa shape index (κ3) is 7.52. The zero-order valence-electron chi connectivity index (χ0n) is 29.9. The number of hydrogen-bond acceptors (Lipinski definition) is 2. The lowest BCUT2D eigenvalue weighted by Gasteiger charge is -2.12. The molecule has 0 unspecified atom stereocenters. The third-order valence-corrected chi connectivity index (χ3v) is 12.0. The number of carboxylic acid groups (broad SMARTS) is 1. The van der Waals surface area contributed by atoms with E-state index < -0.39 is 12.1 Å². The number of carbonyl (C=O) groups excluding carboxylic acids is 1. The Morgan fingerprint density at radius 2 is 0.625 bits per heavy atom. The van der Waals surface area contributed by atoms with Crippen LogP contribution in [0.4, 0.5) is 13.2 Å². The Hall–Kier alpha value is -6.63. The highest BCUT2D eigenvalue weighted by Gasteiger charge is 2.30. The van der Waals surface area contributed by atoms with Crippen LogP contribution in [0.5, 0.6) is 0 Å². The van der Waals surface area contributed by atoms with Gasteiger partial charge in [-0.2, -0.15) is 13.2 Å². The summed E-state index contributed by atoms with van der Waals surface area (Å²) in [6, 6.07) is 73.4. The largest absolute Gasteiger partial charge is 0.542 e. The predicted molar refractivity (Wildman–Crippen MR) is 221 cm³/mol. The van der Waals surface area contributed by atoms with Gasteiger partial charge < -0.3 is 9.90 Å². The number of hydrogen-bond donors (Lipinski definition) is 0. The Bertz CT molecular complexity index is 2500. The van der Waals surface area contributed by atoms with Crippen molar-refractivity contribution < 1.29 is 23.1 Å². The van der Waals surface area contributed by atoms with E-state index in [1.54, 1.807) is 0 Å². The minimum absolute atomic E-state index is 0.290. The van der Waals surface area contributed by atoms with Crippen LogP contribution in [0, 0.1) is 0 Å². The number of alkyl halides is 3. The summed E-state index contributed by atoms with van der Waals surface area (Å²) in [6.45, 7) is 0. The maximum absolute atomic E-state index is 10.5. The molecule has 0 fully saturated rings. The third-order valence-electron chi connectivity index (χ3n) is 9.80. The van der Waals surface area contributed by atoms with Crippen LogP contribution < -0.4 is 5.11 Å². The monoisotopic (exact) mass is 754 g/mol. The zero-order valence-corrected chi connectivity index (χ0v) is 30.7. The van der Waals surface area contributed by atoms with Crippen molar-refractivity contribution in [2.45, 2.75) is 20.9 Å². The van der Waals surface area contributed by atoms with E-state index in [2.05, 4.69) is 200 Å². The summed E-state index contributed by atoms with van der Waals surface area (Å²) in [5.41, 5.74) is 7.51. The fraction of sp³-hybridized carbons (Fsp3) is 0.0200. The molecule has 272 valence electrons. The molecule has 0 bridgehead atoms. The SMILES string of the molecule is O=C([O-])C(F)(F)F.c1ccc2c(-c3ccc([S+](c4ccc(-c5cccc6ccccc56)cc4)c4ccc(-c5cccc6ccccc56)cc4)cc3)cccc2c1. The van der Waals surface area contributed by atoms with Crippen LogP contribution in [0.2, 0.25) is 0 Å². The second kappa shape index (κ2) is 15.6. The van der Waals surface area contributed by atoms with Crippen molar-refractivity contribution in [1.29, 1.82) is 0 Å². The Morgan fingerprint density at radius 3 is 0.893 bits per heavy atom. The first kappa shape index (κ1) is 36.4. The van der Waals surface area contributed by atoms with Gasteiger partial charge in [0.15, 0.2) is 14.7 Å². The van der Waals surface area contributed by atoms with Gasteiger partial charge in [-0.25, -0.2) is 0 Å². The van der Waals surface area contributed by atoms with E-state index in [0.29, 0.717) is 0 Å². The molecule has 0 amide bonds. The number of benzene rings is 9. The zero-order chi connectivity index (χ0) is 38.6. The van der Waals surface area contributed by atoms with Gasteiger partial charge in [0.25, 0.3) is 0 Å². The van der Waals surface area contributed by atoms with Crippen LogP contribution in [0.3, 0.4) is 0 Å². The van der Waals surface area contributed by atoms with Crippen LogP contribution in [0.25, 0.3) is 65.7 Å². The standard InChI is InChI=1S/C48H33S.C2HF3O2/c1-4-16-43-34(10-1)13-7-19-46(43)37-22-28-40(29-23-37)49(41-30-24-38(25-31-41)47-20-8-14-35-11-2-5-17-44(35)47)42-32-26-39(27-33-42)48-21-9-15-36-12-3-6-18-45(36)48;3-2(4,5)1(6)7/h1-33H;(H,6,7)/q+1;/p-1. The minimum Gasteiger partial charge on any atom is -0.542 e. The van der Waals surface area contributed by atoms with Gasteiger partial charge in [-0.15, -0.1) is 0 Å². The highest BCUT2D eigenvalue weighted by molar-refractivity contribution is 7.97. The lowest BCUT2D eigenvalue weighted by molar-refractivity contribution is -0.344. The topological polar surface area (TPSA) is 40.1 Å². The Morgan fingerprint density at radius 1 is 0.375 bits per heavy atom. The average molecular weight is 755 g/mol. The molecule has 0 heterocycles. The highest BCUT2D eigenvalue weighted by atomic mass is 32.2. The van der Waals surface area contributed by atoms with Gasteiger partial charge in [0.05, 0.1) is 10.9 Å². The number of halogens is 3. The molecule has 9 aromatic rings. The summed E-state index contributed by atoms with van der Waals surface area (Å²) in [7, 11) is -0.290. The molecular formula is C50H33F3O2S. The molecule has 0 N–H and O–H groups in total. The first-order valence-corrected chi connectivity index (χ1v) is 19.2. The number of carbonyl (C=O) groups is 1. The van der Waals surface area contributed by atoms with Crippen molar-refractivity contribution in [3.63, 3.8) is 0 Å². The van der Waals surface area contributed by atoms with E-state index in [1.807, 2.05) is 0 Å². The average Bonchev–Trinajstić information content (AvgIpc) is 3.24. The molecule has 9 rings (SSSR count). The lowest BCUT2D eigenvalue weighted by atomic mass is 9.98. The van der Waals surface area contributed by atoms with Crippen LogP contribution in [-0.4, -0.2) is 12.1 Å². The van der Waals surface area contributed by atoms with Crippen LogP contribution in [-0.2, 0) is 15.7 Å². The van der Waals surface area contributed by atoms with Crippen LogP contribution >= 0.6 is 0 Å². The maximum Gasteiger partial charge on any atom is 0.430 e.